The first-order valence-corrected chi connectivity index (χ1v) is 6.28. The second-order valence-corrected chi connectivity index (χ2v) is 4.35. The lowest BCUT2D eigenvalue weighted by atomic mass is 10.1. The van der Waals surface area contributed by atoms with Crippen molar-refractivity contribution in [2.45, 2.75) is 25.3 Å². The summed E-state index contributed by atoms with van der Waals surface area (Å²) in [5.74, 6) is 0. The normalized spacial score (nSPS) is 12.3. The number of para-hydroxylation sites is 1. The van der Waals surface area contributed by atoms with Crippen LogP contribution in [0.2, 0.25) is 0 Å². The van der Waals surface area contributed by atoms with Gasteiger partial charge in [0.1, 0.15) is 0 Å². The molecule has 0 bridgehead atoms. The highest BCUT2D eigenvalue weighted by atomic mass is 15.3. The molecule has 94 valence electrons. The highest BCUT2D eigenvalue weighted by Gasteiger charge is 2.09. The highest BCUT2D eigenvalue weighted by Crippen LogP contribution is 2.16. The van der Waals surface area contributed by atoms with Gasteiger partial charge < -0.3 is 5.73 Å². The van der Waals surface area contributed by atoms with Crippen molar-refractivity contribution in [1.29, 1.82) is 0 Å². The van der Waals surface area contributed by atoms with Crippen LogP contribution < -0.4 is 5.73 Å². The number of unbranched alkanes of at least 4 members (excludes halogenated alkanes) is 1. The lowest BCUT2D eigenvalue weighted by molar-refractivity contribution is 0.596. The van der Waals surface area contributed by atoms with Crippen LogP contribution in [0.1, 0.15) is 31.0 Å². The number of benzene rings is 1. The topological polar surface area (TPSA) is 43.8 Å². The van der Waals surface area contributed by atoms with Gasteiger partial charge in [0, 0.05) is 12.2 Å². The van der Waals surface area contributed by atoms with Gasteiger partial charge in [-0.25, -0.2) is 4.68 Å². The van der Waals surface area contributed by atoms with Gasteiger partial charge in [-0.2, -0.15) is 5.10 Å². The molecule has 0 aliphatic carbocycles. The van der Waals surface area contributed by atoms with Crippen molar-refractivity contribution >= 4 is 0 Å². The van der Waals surface area contributed by atoms with Crippen molar-refractivity contribution in [2.75, 3.05) is 0 Å². The van der Waals surface area contributed by atoms with Gasteiger partial charge in [-0.05, 0) is 37.5 Å². The molecule has 2 rings (SSSR count). The van der Waals surface area contributed by atoms with Crippen molar-refractivity contribution in [2.24, 2.45) is 5.73 Å². The first-order valence-electron chi connectivity index (χ1n) is 6.28. The van der Waals surface area contributed by atoms with E-state index in [1.807, 2.05) is 53.4 Å². The molecule has 0 aliphatic rings. The summed E-state index contributed by atoms with van der Waals surface area (Å²) in [6.07, 6.45) is 6.89. The Hall–Kier alpha value is -1.87. The van der Waals surface area contributed by atoms with Crippen LogP contribution >= 0.6 is 0 Å². The molecule has 3 heteroatoms. The Morgan fingerprint density at radius 1 is 1.28 bits per heavy atom. The van der Waals surface area contributed by atoms with Crippen molar-refractivity contribution in [3.63, 3.8) is 0 Å². The van der Waals surface area contributed by atoms with Gasteiger partial charge in [0.25, 0.3) is 0 Å². The van der Waals surface area contributed by atoms with Gasteiger partial charge in [0.15, 0.2) is 0 Å². The number of nitrogens with two attached hydrogens (primary N) is 1. The smallest absolute Gasteiger partial charge is 0.0796 e. The van der Waals surface area contributed by atoms with Crippen LogP contribution in [0, 0.1) is 0 Å². The Morgan fingerprint density at radius 2 is 2.06 bits per heavy atom. The molecular weight excluding hydrogens is 222 g/mol. The lowest BCUT2D eigenvalue weighted by Crippen LogP contribution is -2.11. The summed E-state index contributed by atoms with van der Waals surface area (Å²) in [5.41, 5.74) is 8.12. The quantitative estimate of drug-likeness (QED) is 0.623. The Kier molecular flexibility index (Phi) is 4.31. The maximum absolute atomic E-state index is 6.12. The van der Waals surface area contributed by atoms with E-state index in [0.717, 1.165) is 30.6 Å². The van der Waals surface area contributed by atoms with E-state index in [1.165, 1.54) is 0 Å². The zero-order chi connectivity index (χ0) is 12.8. The van der Waals surface area contributed by atoms with Crippen LogP contribution in [0.5, 0.6) is 0 Å². The van der Waals surface area contributed by atoms with E-state index in [1.54, 1.807) is 0 Å². The fourth-order valence-electron chi connectivity index (χ4n) is 1.89. The number of rotatable bonds is 6. The van der Waals surface area contributed by atoms with E-state index >= 15 is 0 Å². The molecular formula is C15H19N3. The van der Waals surface area contributed by atoms with Crippen molar-refractivity contribution in [3.8, 4) is 5.69 Å². The SMILES string of the molecule is C=CCCCC(N)c1ccn(-c2ccccc2)n1. The number of nitrogens with zero attached hydrogens (tertiary/aromatic N) is 2. The molecule has 2 aromatic rings. The van der Waals surface area contributed by atoms with Gasteiger partial charge in [0.05, 0.1) is 11.4 Å². The summed E-state index contributed by atoms with van der Waals surface area (Å²) in [5, 5.41) is 4.52. The second kappa shape index (κ2) is 6.17. The molecule has 0 saturated carbocycles. The maximum Gasteiger partial charge on any atom is 0.0796 e. The standard InChI is InChI=1S/C15H19N3/c1-2-3-5-10-14(16)15-11-12-18(17-15)13-8-6-4-7-9-13/h2,4,6-9,11-12,14H,1,3,5,10,16H2. The largest absolute Gasteiger partial charge is 0.323 e. The monoisotopic (exact) mass is 241 g/mol. The third-order valence-electron chi connectivity index (χ3n) is 2.93. The van der Waals surface area contributed by atoms with Crippen LogP contribution in [0.15, 0.2) is 55.3 Å². The first kappa shape index (κ1) is 12.6. The van der Waals surface area contributed by atoms with Crippen molar-refractivity contribution in [3.05, 3.63) is 60.9 Å². The third kappa shape index (κ3) is 3.08. The van der Waals surface area contributed by atoms with Crippen molar-refractivity contribution < 1.29 is 0 Å². The number of aromatic nitrogens is 2. The van der Waals surface area contributed by atoms with E-state index in [4.69, 9.17) is 5.73 Å². The minimum absolute atomic E-state index is 0.00918. The molecule has 1 atom stereocenters. The van der Waals surface area contributed by atoms with Gasteiger partial charge in [-0.1, -0.05) is 24.3 Å². The molecule has 0 aliphatic heterocycles. The summed E-state index contributed by atoms with van der Waals surface area (Å²) in [4.78, 5) is 0. The Balaban J connectivity index is 2.04. The number of hydrogen-bond acceptors (Lipinski definition) is 2. The molecule has 0 radical (unpaired) electrons. The third-order valence-corrected chi connectivity index (χ3v) is 2.93. The summed E-state index contributed by atoms with van der Waals surface area (Å²) in [6, 6.07) is 12.1. The number of hydrogen-bond donors (Lipinski definition) is 1. The molecule has 1 aromatic heterocycles. The molecule has 0 amide bonds. The van der Waals surface area contributed by atoms with E-state index in [2.05, 4.69) is 11.7 Å². The molecule has 1 aromatic carbocycles. The molecule has 2 N–H and O–H groups in total. The molecule has 1 unspecified atom stereocenters. The van der Waals surface area contributed by atoms with Gasteiger partial charge >= 0.3 is 0 Å². The molecule has 18 heavy (non-hydrogen) atoms. The highest BCUT2D eigenvalue weighted by molar-refractivity contribution is 5.30. The van der Waals surface area contributed by atoms with Crippen LogP contribution in [0.3, 0.4) is 0 Å². The van der Waals surface area contributed by atoms with Crippen molar-refractivity contribution in [1.82, 2.24) is 9.78 Å². The average Bonchev–Trinajstić information content (AvgIpc) is 2.89. The molecule has 0 saturated heterocycles. The summed E-state index contributed by atoms with van der Waals surface area (Å²) in [6.45, 7) is 3.71. The van der Waals surface area contributed by atoms with Crippen LogP contribution in [-0.4, -0.2) is 9.78 Å². The lowest BCUT2D eigenvalue weighted by Gasteiger charge is -2.07. The van der Waals surface area contributed by atoms with E-state index in [0.29, 0.717) is 0 Å². The Labute approximate surface area is 108 Å². The zero-order valence-corrected chi connectivity index (χ0v) is 10.5. The predicted octanol–water partition coefficient (Wildman–Crippen LogP) is 3.23. The van der Waals surface area contributed by atoms with E-state index < -0.39 is 0 Å². The molecule has 1 heterocycles. The second-order valence-electron chi connectivity index (χ2n) is 4.35. The van der Waals surface area contributed by atoms with Gasteiger partial charge in [-0.3, -0.25) is 0 Å². The van der Waals surface area contributed by atoms with Crippen LogP contribution in [0.4, 0.5) is 0 Å². The van der Waals surface area contributed by atoms with E-state index in [9.17, 15) is 0 Å². The molecule has 0 fully saturated rings. The minimum Gasteiger partial charge on any atom is -0.323 e. The Bertz CT molecular complexity index is 487. The summed E-state index contributed by atoms with van der Waals surface area (Å²) < 4.78 is 1.86. The average molecular weight is 241 g/mol. The first-order chi connectivity index (χ1) is 8.81. The Morgan fingerprint density at radius 3 is 2.78 bits per heavy atom. The van der Waals surface area contributed by atoms with Crippen LogP contribution in [0.25, 0.3) is 5.69 Å². The van der Waals surface area contributed by atoms with Gasteiger partial charge in [-0.15, -0.1) is 6.58 Å². The molecule has 0 spiro atoms. The fourth-order valence-corrected chi connectivity index (χ4v) is 1.89. The predicted molar refractivity (Wildman–Crippen MR) is 74.5 cm³/mol. The fraction of sp³-hybridized carbons (Fsp3) is 0.267. The number of allylic oxidation sites excluding steroid dienone is 1. The molecule has 3 nitrogen and oxygen atoms in total. The van der Waals surface area contributed by atoms with Crippen LogP contribution in [-0.2, 0) is 0 Å². The minimum atomic E-state index is 0.00918. The summed E-state index contributed by atoms with van der Waals surface area (Å²) >= 11 is 0. The van der Waals surface area contributed by atoms with E-state index in [-0.39, 0.29) is 6.04 Å². The maximum atomic E-state index is 6.12. The summed E-state index contributed by atoms with van der Waals surface area (Å²) in [7, 11) is 0. The van der Waals surface area contributed by atoms with Gasteiger partial charge in [0.2, 0.25) is 0 Å². The zero-order valence-electron chi connectivity index (χ0n) is 10.5.